The lowest BCUT2D eigenvalue weighted by molar-refractivity contribution is 0.184. The van der Waals surface area contributed by atoms with E-state index in [1.807, 2.05) is 0 Å². The van der Waals surface area contributed by atoms with Gasteiger partial charge < -0.3 is 10.2 Å². The van der Waals surface area contributed by atoms with E-state index < -0.39 is 12.2 Å². The molecule has 0 atom stereocenters. The van der Waals surface area contributed by atoms with Crippen LogP contribution in [-0.4, -0.2) is 27.4 Å². The monoisotopic (exact) mass is 206 g/mol. The normalized spacial score (nSPS) is 9.00. The molecule has 76 valence electrons. The van der Waals surface area contributed by atoms with E-state index in [1.54, 1.807) is 0 Å². The Morgan fingerprint density at radius 1 is 1.40 bits per heavy atom. The van der Waals surface area contributed by atoms with Crippen LogP contribution in [0, 0.1) is 12.3 Å². The molecule has 0 fully saturated rings. The number of hydrogen-bond donors (Lipinski definition) is 2. The van der Waals surface area contributed by atoms with Crippen LogP contribution in [0.25, 0.3) is 0 Å². The third-order valence-electron chi connectivity index (χ3n) is 1.54. The Morgan fingerprint density at radius 2 is 2.00 bits per heavy atom. The lowest BCUT2D eigenvalue weighted by Gasteiger charge is -2.13. The van der Waals surface area contributed by atoms with Crippen molar-refractivity contribution in [1.29, 1.82) is 0 Å². The van der Waals surface area contributed by atoms with Gasteiger partial charge in [0.05, 0.1) is 5.56 Å². The highest BCUT2D eigenvalue weighted by Crippen LogP contribution is 2.16. The van der Waals surface area contributed by atoms with Gasteiger partial charge in [-0.1, -0.05) is 5.92 Å². The van der Waals surface area contributed by atoms with Gasteiger partial charge in [-0.05, 0) is 12.1 Å². The molecule has 0 radical (unpaired) electrons. The van der Waals surface area contributed by atoms with Crippen molar-refractivity contribution < 1.29 is 19.8 Å². The quantitative estimate of drug-likeness (QED) is 0.674. The molecule has 1 aromatic heterocycles. The van der Waals surface area contributed by atoms with Crippen LogP contribution in [0.15, 0.2) is 18.3 Å². The summed E-state index contributed by atoms with van der Waals surface area (Å²) in [5.41, 5.74) is 0.0994. The summed E-state index contributed by atoms with van der Waals surface area (Å²) in [6.07, 6.45) is 3.04. The molecule has 0 spiro atoms. The van der Waals surface area contributed by atoms with Crippen LogP contribution in [0.4, 0.5) is 15.4 Å². The predicted molar refractivity (Wildman–Crippen MR) is 50.7 cm³/mol. The van der Waals surface area contributed by atoms with Crippen molar-refractivity contribution in [2.24, 2.45) is 0 Å². The Labute approximate surface area is 84.8 Å². The number of imide groups is 1. The lowest BCUT2D eigenvalue weighted by atomic mass is 10.2. The molecule has 0 bridgehead atoms. The minimum atomic E-state index is -1.65. The van der Waals surface area contributed by atoms with E-state index in [-0.39, 0.29) is 16.3 Å². The van der Waals surface area contributed by atoms with Crippen molar-refractivity contribution in [3.8, 4) is 12.3 Å². The van der Waals surface area contributed by atoms with Crippen molar-refractivity contribution in [1.82, 2.24) is 4.98 Å². The molecule has 0 aliphatic carbocycles. The maximum atomic E-state index is 10.6. The van der Waals surface area contributed by atoms with Crippen LogP contribution in [0.5, 0.6) is 0 Å². The number of amides is 2. The van der Waals surface area contributed by atoms with Crippen LogP contribution in [0.1, 0.15) is 5.56 Å². The fourth-order valence-electron chi connectivity index (χ4n) is 0.951. The van der Waals surface area contributed by atoms with Crippen LogP contribution in [0.3, 0.4) is 0 Å². The summed E-state index contributed by atoms with van der Waals surface area (Å²) in [6.45, 7) is 0. The van der Waals surface area contributed by atoms with Crippen molar-refractivity contribution in [2.45, 2.75) is 0 Å². The minimum absolute atomic E-state index is 0.0647. The highest BCUT2D eigenvalue weighted by molar-refractivity contribution is 6.07. The Kier molecular flexibility index (Phi) is 2.88. The summed E-state index contributed by atoms with van der Waals surface area (Å²) < 4.78 is 0. The predicted octanol–water partition coefficient (Wildman–Crippen LogP) is 1.23. The maximum Gasteiger partial charge on any atom is 0.422 e. The molecule has 1 aromatic rings. The Bertz CT molecular complexity index is 436. The van der Waals surface area contributed by atoms with Gasteiger partial charge in [-0.25, -0.2) is 14.6 Å². The van der Waals surface area contributed by atoms with Gasteiger partial charge in [-0.2, -0.15) is 4.90 Å². The van der Waals surface area contributed by atoms with Gasteiger partial charge in [-0.15, -0.1) is 6.42 Å². The first-order chi connectivity index (χ1) is 7.07. The first-order valence-electron chi connectivity index (χ1n) is 3.75. The molecule has 1 rings (SSSR count). The van der Waals surface area contributed by atoms with Crippen LogP contribution in [-0.2, 0) is 0 Å². The van der Waals surface area contributed by atoms with Crippen molar-refractivity contribution in [3.05, 3.63) is 23.9 Å². The molecule has 2 N–H and O–H groups in total. The van der Waals surface area contributed by atoms with Crippen molar-refractivity contribution >= 4 is 18.0 Å². The van der Waals surface area contributed by atoms with E-state index in [2.05, 4.69) is 10.9 Å². The number of rotatable bonds is 1. The number of hydrogen-bond acceptors (Lipinski definition) is 3. The number of pyridine rings is 1. The van der Waals surface area contributed by atoms with Crippen LogP contribution < -0.4 is 4.90 Å². The van der Waals surface area contributed by atoms with Gasteiger partial charge in [0.25, 0.3) is 0 Å². The van der Waals surface area contributed by atoms with E-state index in [4.69, 9.17) is 16.6 Å². The molecule has 0 saturated heterocycles. The Balaban J connectivity index is 3.30. The molecular weight excluding hydrogens is 200 g/mol. The molecule has 6 heteroatoms. The number of aromatic nitrogens is 1. The largest absolute Gasteiger partial charge is 0.464 e. The van der Waals surface area contributed by atoms with Crippen LogP contribution in [0.2, 0.25) is 0 Å². The lowest BCUT2D eigenvalue weighted by Crippen LogP contribution is -2.35. The second kappa shape index (κ2) is 4.11. The van der Waals surface area contributed by atoms with Gasteiger partial charge in [0.15, 0.2) is 5.82 Å². The van der Waals surface area contributed by atoms with Gasteiger partial charge in [0.1, 0.15) is 0 Å². The molecule has 0 unspecified atom stereocenters. The average Bonchev–Trinajstić information content (AvgIpc) is 2.17. The molecule has 0 aliphatic heterocycles. The number of nitrogens with zero attached hydrogens (tertiary/aromatic N) is 2. The molecule has 2 amide bonds. The number of carbonyl (C=O) groups is 2. The van der Waals surface area contributed by atoms with E-state index in [1.165, 1.54) is 18.3 Å². The second-order valence-electron chi connectivity index (χ2n) is 2.42. The van der Waals surface area contributed by atoms with Gasteiger partial charge in [-0.3, -0.25) is 0 Å². The average molecular weight is 206 g/mol. The number of anilines is 1. The third kappa shape index (κ3) is 2.03. The van der Waals surface area contributed by atoms with Crippen molar-refractivity contribution in [2.75, 3.05) is 4.90 Å². The third-order valence-corrected chi connectivity index (χ3v) is 1.54. The molecular formula is C9H6N2O4. The summed E-state index contributed by atoms with van der Waals surface area (Å²) in [4.78, 5) is 25.0. The molecule has 0 saturated carbocycles. The summed E-state index contributed by atoms with van der Waals surface area (Å²) in [7, 11) is 0. The highest BCUT2D eigenvalue weighted by Gasteiger charge is 2.25. The van der Waals surface area contributed by atoms with Gasteiger partial charge in [0.2, 0.25) is 0 Å². The molecule has 1 heterocycles. The number of terminal acetylenes is 1. The molecule has 15 heavy (non-hydrogen) atoms. The summed E-state index contributed by atoms with van der Waals surface area (Å²) >= 11 is 0. The molecule has 0 aliphatic rings. The Hall–Kier alpha value is -2.55. The number of carboxylic acid groups (broad SMARTS) is 2. The SMILES string of the molecule is C#Cc1cccnc1N(C(=O)O)C(=O)O. The van der Waals surface area contributed by atoms with E-state index in [9.17, 15) is 9.59 Å². The second-order valence-corrected chi connectivity index (χ2v) is 2.42. The van der Waals surface area contributed by atoms with E-state index >= 15 is 0 Å². The van der Waals surface area contributed by atoms with Gasteiger partial charge in [0, 0.05) is 6.20 Å². The smallest absolute Gasteiger partial charge is 0.422 e. The first-order valence-corrected chi connectivity index (χ1v) is 3.75. The van der Waals surface area contributed by atoms with Crippen molar-refractivity contribution in [3.63, 3.8) is 0 Å². The topological polar surface area (TPSA) is 90.7 Å². The summed E-state index contributed by atoms with van der Waals surface area (Å²) in [5, 5.41) is 17.3. The zero-order valence-corrected chi connectivity index (χ0v) is 7.41. The zero-order chi connectivity index (χ0) is 11.4. The molecule has 0 aromatic carbocycles. The fraction of sp³-hybridized carbons (Fsp3) is 0. The zero-order valence-electron chi connectivity index (χ0n) is 7.41. The van der Waals surface area contributed by atoms with Crippen LogP contribution >= 0.6 is 0 Å². The fourth-order valence-corrected chi connectivity index (χ4v) is 0.951. The summed E-state index contributed by atoms with van der Waals surface area (Å²) in [5.74, 6) is 1.86. The first kappa shape index (κ1) is 10.5. The standard InChI is InChI=1S/C9H6N2O4/c1-2-6-4-3-5-10-7(6)11(8(12)13)9(14)15/h1,3-5H,(H,12,13)(H,14,15). The van der Waals surface area contributed by atoms with Gasteiger partial charge >= 0.3 is 12.2 Å². The molecule has 6 nitrogen and oxygen atoms in total. The maximum absolute atomic E-state index is 10.6. The Morgan fingerprint density at radius 3 is 2.47 bits per heavy atom. The highest BCUT2D eigenvalue weighted by atomic mass is 16.4. The summed E-state index contributed by atoms with van der Waals surface area (Å²) in [6, 6.07) is 2.89. The van der Waals surface area contributed by atoms with E-state index in [0.717, 1.165) is 0 Å². The van der Waals surface area contributed by atoms with E-state index in [0.29, 0.717) is 0 Å². The minimum Gasteiger partial charge on any atom is -0.464 e.